The Bertz CT molecular complexity index is 220. The van der Waals surface area contributed by atoms with E-state index in [0.29, 0.717) is 18.9 Å². The smallest absolute Gasteiger partial charge is 0.158 e. The standard InChI is InChI=1S/C10H15NO3/c11-3-1-9-7-13-10(14-9)5-8-2-4-12-6-8/h8-10H,1-2,4-7H2. The fourth-order valence-corrected chi connectivity index (χ4v) is 1.88. The van der Waals surface area contributed by atoms with E-state index in [1.54, 1.807) is 0 Å². The van der Waals surface area contributed by atoms with Gasteiger partial charge < -0.3 is 14.2 Å². The molecule has 0 N–H and O–H groups in total. The average Bonchev–Trinajstić information content (AvgIpc) is 2.79. The number of hydrogen-bond donors (Lipinski definition) is 0. The van der Waals surface area contributed by atoms with Crippen molar-refractivity contribution in [2.24, 2.45) is 5.92 Å². The fraction of sp³-hybridized carbons (Fsp3) is 0.900. The zero-order valence-electron chi connectivity index (χ0n) is 8.15. The van der Waals surface area contributed by atoms with Crippen LogP contribution < -0.4 is 0 Å². The summed E-state index contributed by atoms with van der Waals surface area (Å²) in [4.78, 5) is 0. The fourth-order valence-electron chi connectivity index (χ4n) is 1.88. The van der Waals surface area contributed by atoms with Gasteiger partial charge in [-0.05, 0) is 12.3 Å². The summed E-state index contributed by atoms with van der Waals surface area (Å²) in [5, 5.41) is 8.49. The molecule has 0 aromatic carbocycles. The van der Waals surface area contributed by atoms with Crippen LogP contribution in [0.25, 0.3) is 0 Å². The summed E-state index contributed by atoms with van der Waals surface area (Å²) in [5.41, 5.74) is 0. The molecule has 0 aromatic heterocycles. The van der Waals surface area contributed by atoms with E-state index < -0.39 is 0 Å². The summed E-state index contributed by atoms with van der Waals surface area (Å²) in [7, 11) is 0. The summed E-state index contributed by atoms with van der Waals surface area (Å²) in [5.74, 6) is 0.570. The predicted octanol–water partition coefficient (Wildman–Crippen LogP) is 1.07. The second-order valence-electron chi connectivity index (χ2n) is 3.85. The van der Waals surface area contributed by atoms with Crippen LogP contribution in [0.3, 0.4) is 0 Å². The highest BCUT2D eigenvalue weighted by molar-refractivity contribution is 4.80. The van der Waals surface area contributed by atoms with Gasteiger partial charge in [0.05, 0.1) is 25.2 Å². The highest BCUT2D eigenvalue weighted by atomic mass is 16.7. The van der Waals surface area contributed by atoms with Crippen LogP contribution in [0, 0.1) is 17.2 Å². The van der Waals surface area contributed by atoms with E-state index in [9.17, 15) is 0 Å². The van der Waals surface area contributed by atoms with Gasteiger partial charge >= 0.3 is 0 Å². The number of hydrogen-bond acceptors (Lipinski definition) is 4. The minimum Gasteiger partial charge on any atom is -0.381 e. The Morgan fingerprint density at radius 3 is 3.00 bits per heavy atom. The van der Waals surface area contributed by atoms with Gasteiger partial charge in [0.15, 0.2) is 6.29 Å². The first kappa shape index (κ1) is 9.91. The minimum absolute atomic E-state index is 0.0210. The van der Waals surface area contributed by atoms with Gasteiger partial charge in [-0.15, -0.1) is 0 Å². The molecule has 3 atom stereocenters. The number of nitrogens with zero attached hydrogens (tertiary/aromatic N) is 1. The summed E-state index contributed by atoms with van der Waals surface area (Å²) in [6, 6.07) is 2.09. The van der Waals surface area contributed by atoms with E-state index in [-0.39, 0.29) is 12.4 Å². The summed E-state index contributed by atoms with van der Waals surface area (Å²) in [6.07, 6.45) is 2.30. The van der Waals surface area contributed by atoms with Gasteiger partial charge in [-0.1, -0.05) is 0 Å². The van der Waals surface area contributed by atoms with Crippen molar-refractivity contribution in [1.29, 1.82) is 5.26 Å². The van der Waals surface area contributed by atoms with Crippen LogP contribution in [-0.4, -0.2) is 32.2 Å². The molecule has 0 spiro atoms. The molecular formula is C10H15NO3. The van der Waals surface area contributed by atoms with E-state index in [1.807, 2.05) is 0 Å². The molecule has 78 valence electrons. The molecule has 0 aliphatic carbocycles. The van der Waals surface area contributed by atoms with Crippen LogP contribution in [0.1, 0.15) is 19.3 Å². The maximum absolute atomic E-state index is 8.49. The van der Waals surface area contributed by atoms with Crippen molar-refractivity contribution in [1.82, 2.24) is 0 Å². The monoisotopic (exact) mass is 197 g/mol. The predicted molar refractivity (Wildman–Crippen MR) is 48.4 cm³/mol. The van der Waals surface area contributed by atoms with Crippen LogP contribution in [0.15, 0.2) is 0 Å². The van der Waals surface area contributed by atoms with Gasteiger partial charge in [-0.2, -0.15) is 5.26 Å². The van der Waals surface area contributed by atoms with Crippen molar-refractivity contribution in [3.05, 3.63) is 0 Å². The van der Waals surface area contributed by atoms with Crippen LogP contribution in [0.5, 0.6) is 0 Å². The van der Waals surface area contributed by atoms with Crippen molar-refractivity contribution in [3.8, 4) is 6.07 Å². The molecule has 0 radical (unpaired) electrons. The molecule has 0 aromatic rings. The van der Waals surface area contributed by atoms with Crippen LogP contribution in [0.2, 0.25) is 0 Å². The maximum atomic E-state index is 8.49. The summed E-state index contributed by atoms with van der Waals surface area (Å²) in [6.45, 7) is 2.25. The van der Waals surface area contributed by atoms with Crippen molar-refractivity contribution < 1.29 is 14.2 Å². The third kappa shape index (κ3) is 2.44. The van der Waals surface area contributed by atoms with Gasteiger partial charge in [0.25, 0.3) is 0 Å². The van der Waals surface area contributed by atoms with E-state index in [2.05, 4.69) is 6.07 Å². The molecule has 4 nitrogen and oxygen atoms in total. The van der Waals surface area contributed by atoms with E-state index in [0.717, 1.165) is 26.1 Å². The number of rotatable bonds is 3. The van der Waals surface area contributed by atoms with E-state index in [1.165, 1.54) is 0 Å². The summed E-state index contributed by atoms with van der Waals surface area (Å²) < 4.78 is 16.3. The average molecular weight is 197 g/mol. The molecule has 0 bridgehead atoms. The van der Waals surface area contributed by atoms with Crippen molar-refractivity contribution >= 4 is 0 Å². The second kappa shape index (κ2) is 4.74. The van der Waals surface area contributed by atoms with E-state index >= 15 is 0 Å². The SMILES string of the molecule is N#CCC1COC(CC2CCOC2)O1. The third-order valence-electron chi connectivity index (χ3n) is 2.68. The molecule has 3 unspecified atom stereocenters. The summed E-state index contributed by atoms with van der Waals surface area (Å²) >= 11 is 0. The van der Waals surface area contributed by atoms with Crippen LogP contribution in [0.4, 0.5) is 0 Å². The Morgan fingerprint density at radius 1 is 1.36 bits per heavy atom. The lowest BCUT2D eigenvalue weighted by Crippen LogP contribution is -2.16. The first-order chi connectivity index (χ1) is 6.88. The van der Waals surface area contributed by atoms with Gasteiger partial charge in [-0.25, -0.2) is 0 Å². The normalized spacial score (nSPS) is 37.2. The lowest BCUT2D eigenvalue weighted by atomic mass is 10.1. The topological polar surface area (TPSA) is 51.5 Å². The third-order valence-corrected chi connectivity index (χ3v) is 2.68. The Hall–Kier alpha value is -0.630. The zero-order valence-corrected chi connectivity index (χ0v) is 8.15. The van der Waals surface area contributed by atoms with Crippen molar-refractivity contribution in [3.63, 3.8) is 0 Å². The largest absolute Gasteiger partial charge is 0.381 e. The Kier molecular flexibility index (Phi) is 3.35. The van der Waals surface area contributed by atoms with Gasteiger partial charge in [0.2, 0.25) is 0 Å². The molecule has 0 amide bonds. The zero-order chi connectivity index (χ0) is 9.80. The molecule has 2 rings (SSSR count). The van der Waals surface area contributed by atoms with E-state index in [4.69, 9.17) is 19.5 Å². The Balaban J connectivity index is 1.70. The van der Waals surface area contributed by atoms with Crippen molar-refractivity contribution in [2.45, 2.75) is 31.7 Å². The quantitative estimate of drug-likeness (QED) is 0.679. The van der Waals surface area contributed by atoms with Crippen molar-refractivity contribution in [2.75, 3.05) is 19.8 Å². The maximum Gasteiger partial charge on any atom is 0.158 e. The molecule has 2 fully saturated rings. The Labute approximate surface area is 83.7 Å². The molecule has 0 saturated carbocycles. The molecule has 2 aliphatic rings. The molecule has 2 aliphatic heterocycles. The van der Waals surface area contributed by atoms with Crippen LogP contribution >= 0.6 is 0 Å². The highest BCUT2D eigenvalue weighted by Crippen LogP contribution is 2.24. The number of nitriles is 1. The van der Waals surface area contributed by atoms with Crippen LogP contribution in [-0.2, 0) is 14.2 Å². The molecule has 14 heavy (non-hydrogen) atoms. The molecule has 2 heterocycles. The van der Waals surface area contributed by atoms with Gasteiger partial charge in [0.1, 0.15) is 0 Å². The van der Waals surface area contributed by atoms with Gasteiger partial charge in [0, 0.05) is 19.6 Å². The van der Waals surface area contributed by atoms with Gasteiger partial charge in [-0.3, -0.25) is 0 Å². The highest BCUT2D eigenvalue weighted by Gasteiger charge is 2.29. The molecule has 2 saturated heterocycles. The molecular weight excluding hydrogens is 182 g/mol. The minimum atomic E-state index is -0.111. The lowest BCUT2D eigenvalue weighted by Gasteiger charge is -2.13. The second-order valence-corrected chi connectivity index (χ2v) is 3.85. The lowest BCUT2D eigenvalue weighted by molar-refractivity contribution is -0.0707. The molecule has 4 heteroatoms. The first-order valence-corrected chi connectivity index (χ1v) is 5.10. The first-order valence-electron chi connectivity index (χ1n) is 5.10. The Morgan fingerprint density at radius 2 is 2.29 bits per heavy atom. The number of ether oxygens (including phenoxy) is 3.